The van der Waals surface area contributed by atoms with Gasteiger partial charge in [-0.1, -0.05) is 5.16 Å². The number of halogens is 1. The molecule has 1 aliphatic heterocycles. The quantitative estimate of drug-likeness (QED) is 0.875. The predicted octanol–water partition coefficient (Wildman–Crippen LogP) is 1.55. The van der Waals surface area contributed by atoms with Crippen LogP contribution in [-0.2, 0) is 4.74 Å². The van der Waals surface area contributed by atoms with E-state index >= 15 is 0 Å². The Morgan fingerprint density at radius 2 is 2.06 bits per heavy atom. The Bertz CT molecular complexity index is 354. The van der Waals surface area contributed by atoms with Crippen molar-refractivity contribution in [2.24, 2.45) is 5.73 Å². The van der Waals surface area contributed by atoms with Crippen LogP contribution in [0.1, 0.15) is 49.4 Å². The molecule has 0 aromatic carbocycles. The van der Waals surface area contributed by atoms with Gasteiger partial charge < -0.3 is 15.0 Å². The largest absolute Gasteiger partial charge is 0.364 e. The number of nitrogens with two attached hydrogens (primary N) is 1. The molecule has 0 radical (unpaired) electrons. The zero-order valence-electron chi connectivity index (χ0n) is 8.96. The molecule has 1 saturated carbocycles. The van der Waals surface area contributed by atoms with Crippen LogP contribution in [0.4, 0.5) is 0 Å². The van der Waals surface area contributed by atoms with E-state index < -0.39 is 0 Å². The van der Waals surface area contributed by atoms with Gasteiger partial charge in [-0.25, -0.2) is 0 Å². The molecule has 16 heavy (non-hydrogen) atoms. The number of rotatable bonds is 3. The average molecular weight is 246 g/mol. The first-order valence-electron chi connectivity index (χ1n) is 5.56. The van der Waals surface area contributed by atoms with Crippen LogP contribution in [0.2, 0.25) is 0 Å². The third kappa shape index (κ3) is 2.21. The molecule has 1 aromatic rings. The predicted molar refractivity (Wildman–Crippen MR) is 59.4 cm³/mol. The van der Waals surface area contributed by atoms with E-state index in [0.717, 1.165) is 18.7 Å². The van der Waals surface area contributed by atoms with E-state index in [2.05, 4.69) is 10.1 Å². The van der Waals surface area contributed by atoms with Gasteiger partial charge in [-0.3, -0.25) is 0 Å². The van der Waals surface area contributed by atoms with Crippen LogP contribution in [-0.4, -0.2) is 22.8 Å². The Balaban J connectivity index is 0.000000963. The molecule has 0 amide bonds. The van der Waals surface area contributed by atoms with Gasteiger partial charge in [-0.2, -0.15) is 4.98 Å². The lowest BCUT2D eigenvalue weighted by Crippen LogP contribution is -2.18. The minimum atomic E-state index is -0.0291. The van der Waals surface area contributed by atoms with Crippen LogP contribution in [0.3, 0.4) is 0 Å². The first-order chi connectivity index (χ1) is 7.36. The highest BCUT2D eigenvalue weighted by Crippen LogP contribution is 2.39. The van der Waals surface area contributed by atoms with Gasteiger partial charge in [0.05, 0.1) is 6.10 Å². The Morgan fingerprint density at radius 1 is 1.25 bits per heavy atom. The van der Waals surface area contributed by atoms with Crippen LogP contribution in [0, 0.1) is 0 Å². The molecule has 2 N–H and O–H groups in total. The van der Waals surface area contributed by atoms with Crippen LogP contribution >= 0.6 is 12.4 Å². The summed E-state index contributed by atoms with van der Waals surface area (Å²) in [5, 5.41) is 3.98. The van der Waals surface area contributed by atoms with E-state index in [1.54, 1.807) is 0 Å². The second kappa shape index (κ2) is 4.69. The van der Waals surface area contributed by atoms with Crippen molar-refractivity contribution in [1.29, 1.82) is 0 Å². The molecule has 3 rings (SSSR count). The summed E-state index contributed by atoms with van der Waals surface area (Å²) in [7, 11) is 0. The number of hydrogen-bond acceptors (Lipinski definition) is 5. The van der Waals surface area contributed by atoms with Crippen molar-refractivity contribution in [3.05, 3.63) is 11.7 Å². The normalized spacial score (nSPS) is 29.1. The Kier molecular flexibility index (Phi) is 3.47. The van der Waals surface area contributed by atoms with Crippen molar-refractivity contribution in [1.82, 2.24) is 10.1 Å². The monoisotopic (exact) mass is 245 g/mol. The van der Waals surface area contributed by atoms with E-state index in [0.29, 0.717) is 18.4 Å². The summed E-state index contributed by atoms with van der Waals surface area (Å²) in [6.45, 7) is 0.570. The molecule has 1 aromatic heterocycles. The molecule has 1 aliphatic carbocycles. The molecular weight excluding hydrogens is 230 g/mol. The minimum Gasteiger partial charge on any atom is -0.364 e. The fourth-order valence-electron chi connectivity index (χ4n) is 1.95. The minimum absolute atomic E-state index is 0. The van der Waals surface area contributed by atoms with Crippen LogP contribution in [0.15, 0.2) is 4.52 Å². The van der Waals surface area contributed by atoms with Gasteiger partial charge in [-0.05, 0) is 25.7 Å². The zero-order chi connectivity index (χ0) is 10.3. The SMILES string of the molecule is Cl.NC[C@@H]1CC[C@H](c2nc(C3CC3)no2)O1. The van der Waals surface area contributed by atoms with Crippen LogP contribution in [0.25, 0.3) is 0 Å². The van der Waals surface area contributed by atoms with Gasteiger partial charge in [0.2, 0.25) is 0 Å². The lowest BCUT2D eigenvalue weighted by Gasteiger charge is -2.07. The molecule has 1 saturated heterocycles. The lowest BCUT2D eigenvalue weighted by atomic mass is 10.2. The molecule has 0 spiro atoms. The van der Waals surface area contributed by atoms with E-state index in [9.17, 15) is 0 Å². The summed E-state index contributed by atoms with van der Waals surface area (Å²) in [4.78, 5) is 4.38. The van der Waals surface area contributed by atoms with Crippen molar-refractivity contribution in [3.63, 3.8) is 0 Å². The fraction of sp³-hybridized carbons (Fsp3) is 0.800. The standard InChI is InChI=1S/C10H15N3O2.ClH/c11-5-7-3-4-8(14-7)10-12-9(13-15-10)6-1-2-6;/h6-8H,1-5,11H2;1H/t7-,8+;/m0./s1. The lowest BCUT2D eigenvalue weighted by molar-refractivity contribution is 0.0307. The van der Waals surface area contributed by atoms with Crippen molar-refractivity contribution in [3.8, 4) is 0 Å². The van der Waals surface area contributed by atoms with E-state index in [4.69, 9.17) is 15.0 Å². The van der Waals surface area contributed by atoms with Crippen molar-refractivity contribution in [2.75, 3.05) is 6.54 Å². The van der Waals surface area contributed by atoms with Gasteiger partial charge in [0.1, 0.15) is 6.10 Å². The average Bonchev–Trinajstić information content (AvgIpc) is 2.84. The van der Waals surface area contributed by atoms with Gasteiger partial charge in [0, 0.05) is 12.5 Å². The number of aromatic nitrogens is 2. The third-order valence-electron chi connectivity index (χ3n) is 3.05. The molecule has 0 bridgehead atoms. The molecule has 2 heterocycles. The van der Waals surface area contributed by atoms with Gasteiger partial charge in [-0.15, -0.1) is 12.4 Å². The highest BCUT2D eigenvalue weighted by atomic mass is 35.5. The molecule has 0 unspecified atom stereocenters. The third-order valence-corrected chi connectivity index (χ3v) is 3.05. The van der Waals surface area contributed by atoms with Crippen LogP contribution < -0.4 is 5.73 Å². The van der Waals surface area contributed by atoms with Crippen molar-refractivity contribution >= 4 is 12.4 Å². The second-order valence-corrected chi connectivity index (χ2v) is 4.32. The summed E-state index contributed by atoms with van der Waals surface area (Å²) in [5.41, 5.74) is 5.55. The molecule has 5 nitrogen and oxygen atoms in total. The van der Waals surface area contributed by atoms with Gasteiger partial charge in [0.15, 0.2) is 5.82 Å². The van der Waals surface area contributed by atoms with Gasteiger partial charge >= 0.3 is 0 Å². The van der Waals surface area contributed by atoms with Crippen molar-refractivity contribution in [2.45, 2.75) is 43.8 Å². The zero-order valence-corrected chi connectivity index (χ0v) is 9.78. The molecule has 2 fully saturated rings. The van der Waals surface area contributed by atoms with E-state index in [-0.39, 0.29) is 24.6 Å². The highest BCUT2D eigenvalue weighted by molar-refractivity contribution is 5.85. The Labute approximate surface area is 100 Å². The summed E-state index contributed by atoms with van der Waals surface area (Å²) in [5.74, 6) is 2.02. The first-order valence-corrected chi connectivity index (χ1v) is 5.56. The molecule has 2 atom stereocenters. The molecule has 90 valence electrons. The van der Waals surface area contributed by atoms with Crippen LogP contribution in [0.5, 0.6) is 0 Å². The maximum atomic E-state index is 5.69. The Hall–Kier alpha value is -0.650. The molecule has 2 aliphatic rings. The topological polar surface area (TPSA) is 74.2 Å². The summed E-state index contributed by atoms with van der Waals surface area (Å²) in [6, 6.07) is 0. The molecular formula is C10H16ClN3O2. The highest BCUT2D eigenvalue weighted by Gasteiger charge is 2.33. The molecule has 6 heteroatoms. The summed E-state index contributed by atoms with van der Waals surface area (Å²) in [6.07, 6.45) is 4.44. The fourth-order valence-corrected chi connectivity index (χ4v) is 1.95. The number of ether oxygens (including phenoxy) is 1. The van der Waals surface area contributed by atoms with E-state index in [1.165, 1.54) is 12.8 Å². The Morgan fingerprint density at radius 3 is 2.69 bits per heavy atom. The second-order valence-electron chi connectivity index (χ2n) is 4.32. The first kappa shape index (κ1) is 11.8. The smallest absolute Gasteiger partial charge is 0.255 e. The van der Waals surface area contributed by atoms with Gasteiger partial charge in [0.25, 0.3) is 5.89 Å². The number of hydrogen-bond donors (Lipinski definition) is 1. The van der Waals surface area contributed by atoms with E-state index in [1.807, 2.05) is 0 Å². The summed E-state index contributed by atoms with van der Waals surface area (Å²) >= 11 is 0. The maximum absolute atomic E-state index is 5.69. The summed E-state index contributed by atoms with van der Waals surface area (Å²) < 4.78 is 10.9. The maximum Gasteiger partial charge on any atom is 0.255 e. The van der Waals surface area contributed by atoms with Crippen molar-refractivity contribution < 1.29 is 9.26 Å². The number of nitrogens with zero attached hydrogens (tertiary/aromatic N) is 2.